The van der Waals surface area contributed by atoms with Crippen molar-refractivity contribution in [1.82, 2.24) is 4.90 Å². The molecular formula is C12H24N2. The molecule has 1 saturated heterocycles. The summed E-state index contributed by atoms with van der Waals surface area (Å²) in [5.41, 5.74) is 6.05. The average molecular weight is 196 g/mol. The van der Waals surface area contributed by atoms with E-state index in [-0.39, 0.29) is 0 Å². The number of nitrogens with two attached hydrogens (primary N) is 1. The topological polar surface area (TPSA) is 29.3 Å². The molecule has 2 rings (SSSR count). The Labute approximate surface area is 87.8 Å². The molecule has 2 nitrogen and oxygen atoms in total. The van der Waals surface area contributed by atoms with E-state index in [4.69, 9.17) is 5.73 Å². The molecule has 2 N–H and O–H groups in total. The van der Waals surface area contributed by atoms with E-state index in [0.717, 1.165) is 5.92 Å². The maximum atomic E-state index is 6.05. The molecule has 2 unspecified atom stereocenters. The van der Waals surface area contributed by atoms with Crippen LogP contribution < -0.4 is 5.73 Å². The molecule has 1 saturated carbocycles. The molecule has 0 aromatic carbocycles. The van der Waals surface area contributed by atoms with Crippen molar-refractivity contribution in [3.05, 3.63) is 0 Å². The van der Waals surface area contributed by atoms with Crippen LogP contribution in [0, 0.1) is 5.92 Å². The molecule has 1 aliphatic heterocycles. The molecule has 2 fully saturated rings. The van der Waals surface area contributed by atoms with Crippen LogP contribution in [0.25, 0.3) is 0 Å². The van der Waals surface area contributed by atoms with E-state index < -0.39 is 0 Å². The van der Waals surface area contributed by atoms with Gasteiger partial charge in [0.25, 0.3) is 0 Å². The second-order valence-corrected chi connectivity index (χ2v) is 5.21. The highest BCUT2D eigenvalue weighted by atomic mass is 15.2. The maximum absolute atomic E-state index is 6.05. The van der Waals surface area contributed by atoms with Gasteiger partial charge in [0.2, 0.25) is 0 Å². The van der Waals surface area contributed by atoms with Crippen molar-refractivity contribution < 1.29 is 0 Å². The van der Waals surface area contributed by atoms with E-state index in [9.17, 15) is 0 Å². The first-order valence-corrected chi connectivity index (χ1v) is 6.27. The van der Waals surface area contributed by atoms with Gasteiger partial charge in [-0.15, -0.1) is 0 Å². The van der Waals surface area contributed by atoms with Crippen LogP contribution >= 0.6 is 0 Å². The molecule has 82 valence electrons. The third-order valence-corrected chi connectivity index (χ3v) is 3.99. The minimum atomic E-state index is 0.357. The Kier molecular flexibility index (Phi) is 3.45. The van der Waals surface area contributed by atoms with Crippen LogP contribution in [0.15, 0.2) is 0 Å². The number of hydrogen-bond acceptors (Lipinski definition) is 2. The van der Waals surface area contributed by atoms with E-state index >= 15 is 0 Å². The summed E-state index contributed by atoms with van der Waals surface area (Å²) in [5.74, 6) is 0.995. The molecule has 2 aliphatic rings. The molecule has 0 amide bonds. The van der Waals surface area contributed by atoms with E-state index in [1.807, 2.05) is 0 Å². The summed E-state index contributed by atoms with van der Waals surface area (Å²) < 4.78 is 0. The molecule has 0 aromatic rings. The lowest BCUT2D eigenvalue weighted by molar-refractivity contribution is 0.0889. The second kappa shape index (κ2) is 4.63. The van der Waals surface area contributed by atoms with Gasteiger partial charge in [-0.3, -0.25) is 4.90 Å². The van der Waals surface area contributed by atoms with Gasteiger partial charge >= 0.3 is 0 Å². The van der Waals surface area contributed by atoms with Gasteiger partial charge < -0.3 is 5.73 Å². The predicted molar refractivity (Wildman–Crippen MR) is 60.2 cm³/mol. The fourth-order valence-corrected chi connectivity index (χ4v) is 2.85. The Balaban J connectivity index is 1.85. The lowest BCUT2D eigenvalue weighted by Gasteiger charge is -2.41. The summed E-state index contributed by atoms with van der Waals surface area (Å²) in [5, 5.41) is 0. The molecule has 0 spiro atoms. The van der Waals surface area contributed by atoms with Crippen molar-refractivity contribution in [2.45, 2.75) is 57.5 Å². The van der Waals surface area contributed by atoms with Crippen molar-refractivity contribution in [2.75, 3.05) is 13.1 Å². The van der Waals surface area contributed by atoms with Gasteiger partial charge in [-0.1, -0.05) is 12.8 Å². The minimum absolute atomic E-state index is 0.357. The summed E-state index contributed by atoms with van der Waals surface area (Å²) in [6, 6.07) is 1.03. The fourth-order valence-electron chi connectivity index (χ4n) is 2.85. The zero-order valence-electron chi connectivity index (χ0n) is 9.41. The second-order valence-electron chi connectivity index (χ2n) is 5.21. The highest BCUT2D eigenvalue weighted by Gasteiger charge is 2.29. The lowest BCUT2D eigenvalue weighted by Crippen LogP contribution is -2.51. The standard InChI is InChI=1S/C12H24N2/c1-10(13)12-7-2-3-8-14(12)9-11-5-4-6-11/h10-12H,2-9,13H2,1H3. The summed E-state index contributed by atoms with van der Waals surface area (Å²) in [7, 11) is 0. The van der Waals surface area contributed by atoms with Crippen LogP contribution in [-0.4, -0.2) is 30.1 Å². The average Bonchev–Trinajstić information content (AvgIpc) is 2.12. The third kappa shape index (κ3) is 2.29. The highest BCUT2D eigenvalue weighted by molar-refractivity contribution is 4.85. The zero-order chi connectivity index (χ0) is 9.97. The molecule has 14 heavy (non-hydrogen) atoms. The van der Waals surface area contributed by atoms with Gasteiger partial charge in [0, 0.05) is 18.6 Å². The predicted octanol–water partition coefficient (Wildman–Crippen LogP) is 1.99. The van der Waals surface area contributed by atoms with E-state index in [1.54, 1.807) is 0 Å². The lowest BCUT2D eigenvalue weighted by atomic mass is 9.83. The summed E-state index contributed by atoms with van der Waals surface area (Å²) in [6.07, 6.45) is 8.47. The molecule has 0 radical (unpaired) electrons. The first-order chi connectivity index (χ1) is 6.77. The summed E-state index contributed by atoms with van der Waals surface area (Å²) in [6.45, 7) is 4.79. The Morgan fingerprint density at radius 2 is 2.00 bits per heavy atom. The van der Waals surface area contributed by atoms with Crippen LogP contribution in [-0.2, 0) is 0 Å². The smallest absolute Gasteiger partial charge is 0.0244 e. The van der Waals surface area contributed by atoms with E-state index in [1.165, 1.54) is 51.6 Å². The molecule has 1 heterocycles. The first kappa shape index (κ1) is 10.4. The minimum Gasteiger partial charge on any atom is -0.327 e. The summed E-state index contributed by atoms with van der Waals surface area (Å²) >= 11 is 0. The molecule has 2 heteroatoms. The van der Waals surface area contributed by atoms with Crippen LogP contribution in [0.3, 0.4) is 0 Å². The molecule has 1 aliphatic carbocycles. The van der Waals surface area contributed by atoms with Crippen molar-refractivity contribution in [1.29, 1.82) is 0 Å². The number of nitrogens with zero attached hydrogens (tertiary/aromatic N) is 1. The summed E-state index contributed by atoms with van der Waals surface area (Å²) in [4.78, 5) is 2.66. The van der Waals surface area contributed by atoms with Gasteiger partial charge in [0.05, 0.1) is 0 Å². The van der Waals surface area contributed by atoms with Crippen LogP contribution in [0.4, 0.5) is 0 Å². The zero-order valence-corrected chi connectivity index (χ0v) is 9.41. The van der Waals surface area contributed by atoms with Gasteiger partial charge in [-0.05, 0) is 45.1 Å². The Bertz CT molecular complexity index is 175. The van der Waals surface area contributed by atoms with Crippen LogP contribution in [0.1, 0.15) is 45.4 Å². The molecular weight excluding hydrogens is 172 g/mol. The van der Waals surface area contributed by atoms with Crippen LogP contribution in [0.2, 0.25) is 0 Å². The quantitative estimate of drug-likeness (QED) is 0.748. The monoisotopic (exact) mass is 196 g/mol. The number of likely N-dealkylation sites (tertiary alicyclic amines) is 1. The van der Waals surface area contributed by atoms with Crippen LogP contribution in [0.5, 0.6) is 0 Å². The van der Waals surface area contributed by atoms with Crippen molar-refractivity contribution in [3.8, 4) is 0 Å². The Hall–Kier alpha value is -0.0800. The van der Waals surface area contributed by atoms with E-state index in [0.29, 0.717) is 12.1 Å². The third-order valence-electron chi connectivity index (χ3n) is 3.99. The Morgan fingerprint density at radius 3 is 2.57 bits per heavy atom. The van der Waals surface area contributed by atoms with Crippen molar-refractivity contribution in [3.63, 3.8) is 0 Å². The van der Waals surface area contributed by atoms with Gasteiger partial charge in [0.15, 0.2) is 0 Å². The molecule has 2 atom stereocenters. The number of rotatable bonds is 3. The largest absolute Gasteiger partial charge is 0.327 e. The van der Waals surface area contributed by atoms with E-state index in [2.05, 4.69) is 11.8 Å². The van der Waals surface area contributed by atoms with Gasteiger partial charge in [-0.25, -0.2) is 0 Å². The van der Waals surface area contributed by atoms with Gasteiger partial charge in [-0.2, -0.15) is 0 Å². The fraction of sp³-hybridized carbons (Fsp3) is 1.00. The number of piperidine rings is 1. The normalized spacial score (nSPS) is 32.6. The van der Waals surface area contributed by atoms with Gasteiger partial charge in [0.1, 0.15) is 0 Å². The maximum Gasteiger partial charge on any atom is 0.0244 e. The molecule has 0 bridgehead atoms. The number of hydrogen-bond donors (Lipinski definition) is 1. The first-order valence-electron chi connectivity index (χ1n) is 6.27. The Morgan fingerprint density at radius 1 is 1.21 bits per heavy atom. The van der Waals surface area contributed by atoms with Crippen molar-refractivity contribution >= 4 is 0 Å². The SMILES string of the molecule is CC(N)C1CCCCN1CC1CCC1. The highest BCUT2D eigenvalue weighted by Crippen LogP contribution is 2.29. The van der Waals surface area contributed by atoms with Crippen molar-refractivity contribution in [2.24, 2.45) is 11.7 Å². The molecule has 0 aromatic heterocycles.